The molecule has 0 aliphatic carbocycles. The largest absolute Gasteiger partial charge is 0.454 e. The summed E-state index contributed by atoms with van der Waals surface area (Å²) in [4.78, 5) is 17.0. The third kappa shape index (κ3) is 3.39. The summed E-state index contributed by atoms with van der Waals surface area (Å²) in [5.74, 6) is 1.59. The average molecular weight is 356 g/mol. The van der Waals surface area contributed by atoms with Gasteiger partial charge in [0.2, 0.25) is 12.7 Å². The summed E-state index contributed by atoms with van der Waals surface area (Å²) in [5, 5.41) is 4.46. The number of nitrogens with zero attached hydrogens (tertiary/aromatic N) is 4. The maximum absolute atomic E-state index is 12.9. The molecule has 1 aromatic carbocycles. The van der Waals surface area contributed by atoms with Gasteiger partial charge in [-0.15, -0.1) is 0 Å². The number of carbonyl (C=O) groups excluding carboxylic acids is 1. The zero-order valence-electron chi connectivity index (χ0n) is 15.2. The average Bonchev–Trinajstić information content (AvgIpc) is 3.27. The first-order valence-electron chi connectivity index (χ1n) is 8.93. The summed E-state index contributed by atoms with van der Waals surface area (Å²) in [7, 11) is 4.13. The Kier molecular flexibility index (Phi) is 4.55. The molecular weight excluding hydrogens is 332 g/mol. The van der Waals surface area contributed by atoms with E-state index in [1.165, 1.54) is 0 Å². The molecule has 1 amide bonds. The van der Waals surface area contributed by atoms with Gasteiger partial charge in [-0.1, -0.05) is 6.07 Å². The molecule has 0 radical (unpaired) electrons. The SMILES string of the molecule is CN(C)CC[C@@H]1CN(C(=O)Cc2ccc3c(c2)OCO3)Cc2ccnn21. The van der Waals surface area contributed by atoms with Crippen LogP contribution in [0.15, 0.2) is 30.5 Å². The topological polar surface area (TPSA) is 59.8 Å². The van der Waals surface area contributed by atoms with Gasteiger partial charge in [-0.05, 0) is 50.8 Å². The van der Waals surface area contributed by atoms with Crippen LogP contribution >= 0.6 is 0 Å². The number of ether oxygens (including phenoxy) is 2. The molecule has 26 heavy (non-hydrogen) atoms. The van der Waals surface area contributed by atoms with Gasteiger partial charge >= 0.3 is 0 Å². The quantitative estimate of drug-likeness (QED) is 0.816. The van der Waals surface area contributed by atoms with E-state index in [1.54, 1.807) is 0 Å². The predicted octanol–water partition coefficient (Wildman–Crippen LogP) is 1.69. The summed E-state index contributed by atoms with van der Waals surface area (Å²) in [6.45, 7) is 2.53. The van der Waals surface area contributed by atoms with Crippen LogP contribution in [-0.2, 0) is 17.8 Å². The molecular formula is C19H24N4O3. The molecule has 1 aromatic heterocycles. The van der Waals surface area contributed by atoms with Crippen LogP contribution in [0.1, 0.15) is 23.7 Å². The summed E-state index contributed by atoms with van der Waals surface area (Å²) < 4.78 is 12.8. The molecule has 1 atom stereocenters. The van der Waals surface area contributed by atoms with Gasteiger partial charge in [0.15, 0.2) is 11.5 Å². The van der Waals surface area contributed by atoms with Crippen LogP contribution in [0.3, 0.4) is 0 Å². The molecule has 0 bridgehead atoms. The van der Waals surface area contributed by atoms with Crippen LogP contribution < -0.4 is 9.47 Å². The number of rotatable bonds is 5. The zero-order chi connectivity index (χ0) is 18.1. The predicted molar refractivity (Wildman–Crippen MR) is 96.1 cm³/mol. The van der Waals surface area contributed by atoms with E-state index in [0.29, 0.717) is 19.5 Å². The molecule has 3 heterocycles. The van der Waals surface area contributed by atoms with Crippen LogP contribution in [0.2, 0.25) is 0 Å². The van der Waals surface area contributed by atoms with Crippen molar-refractivity contribution < 1.29 is 14.3 Å². The lowest BCUT2D eigenvalue weighted by molar-refractivity contribution is -0.132. The first-order valence-corrected chi connectivity index (χ1v) is 8.93. The lowest BCUT2D eigenvalue weighted by Crippen LogP contribution is -2.42. The van der Waals surface area contributed by atoms with Crippen molar-refractivity contribution in [2.45, 2.75) is 25.4 Å². The second-order valence-corrected chi connectivity index (χ2v) is 7.15. The minimum Gasteiger partial charge on any atom is -0.454 e. The highest BCUT2D eigenvalue weighted by atomic mass is 16.7. The van der Waals surface area contributed by atoms with Crippen LogP contribution in [-0.4, -0.2) is 59.5 Å². The van der Waals surface area contributed by atoms with Crippen molar-refractivity contribution in [3.05, 3.63) is 41.7 Å². The van der Waals surface area contributed by atoms with Crippen molar-refractivity contribution in [2.24, 2.45) is 0 Å². The molecule has 2 aliphatic heterocycles. The highest BCUT2D eigenvalue weighted by molar-refractivity contribution is 5.79. The summed E-state index contributed by atoms with van der Waals surface area (Å²) >= 11 is 0. The van der Waals surface area contributed by atoms with E-state index in [-0.39, 0.29) is 18.7 Å². The van der Waals surface area contributed by atoms with E-state index in [2.05, 4.69) is 28.8 Å². The maximum atomic E-state index is 12.9. The number of benzene rings is 1. The fourth-order valence-electron chi connectivity index (χ4n) is 3.54. The normalized spacial score (nSPS) is 18.3. The van der Waals surface area contributed by atoms with Crippen molar-refractivity contribution in [2.75, 3.05) is 34.0 Å². The molecule has 0 unspecified atom stereocenters. The van der Waals surface area contributed by atoms with Crippen molar-refractivity contribution in [3.8, 4) is 11.5 Å². The van der Waals surface area contributed by atoms with Crippen molar-refractivity contribution >= 4 is 5.91 Å². The first-order chi connectivity index (χ1) is 12.6. The molecule has 2 aromatic rings. The molecule has 2 aliphatic rings. The molecule has 0 saturated heterocycles. The number of amides is 1. The third-order valence-corrected chi connectivity index (χ3v) is 4.94. The number of hydrogen-bond donors (Lipinski definition) is 0. The maximum Gasteiger partial charge on any atom is 0.231 e. The van der Waals surface area contributed by atoms with Crippen LogP contribution in [0, 0.1) is 0 Å². The molecule has 4 rings (SSSR count). The molecule has 138 valence electrons. The Morgan fingerprint density at radius 2 is 2.12 bits per heavy atom. The number of hydrogen-bond acceptors (Lipinski definition) is 5. The van der Waals surface area contributed by atoms with E-state index < -0.39 is 0 Å². The number of aromatic nitrogens is 2. The van der Waals surface area contributed by atoms with Gasteiger partial charge in [-0.2, -0.15) is 5.10 Å². The minimum absolute atomic E-state index is 0.131. The Balaban J connectivity index is 1.46. The van der Waals surface area contributed by atoms with Gasteiger partial charge in [0.1, 0.15) is 0 Å². The van der Waals surface area contributed by atoms with Crippen LogP contribution in [0.5, 0.6) is 11.5 Å². The van der Waals surface area contributed by atoms with Crippen molar-refractivity contribution in [1.82, 2.24) is 19.6 Å². The fraction of sp³-hybridized carbons (Fsp3) is 0.474. The van der Waals surface area contributed by atoms with Gasteiger partial charge in [0.25, 0.3) is 0 Å². The zero-order valence-corrected chi connectivity index (χ0v) is 15.2. The van der Waals surface area contributed by atoms with Crippen molar-refractivity contribution in [1.29, 1.82) is 0 Å². The summed E-state index contributed by atoms with van der Waals surface area (Å²) in [6, 6.07) is 7.93. The molecule has 0 spiro atoms. The van der Waals surface area contributed by atoms with E-state index in [1.807, 2.05) is 35.4 Å². The minimum atomic E-state index is 0.131. The lowest BCUT2D eigenvalue weighted by atomic mass is 10.1. The molecule has 0 N–H and O–H groups in total. The van der Waals surface area contributed by atoms with E-state index in [0.717, 1.165) is 35.7 Å². The molecule has 7 nitrogen and oxygen atoms in total. The van der Waals surface area contributed by atoms with Gasteiger partial charge in [-0.25, -0.2) is 0 Å². The van der Waals surface area contributed by atoms with Crippen LogP contribution in [0.4, 0.5) is 0 Å². The Morgan fingerprint density at radius 1 is 1.27 bits per heavy atom. The summed E-state index contributed by atoms with van der Waals surface area (Å²) in [5.41, 5.74) is 2.04. The number of carbonyl (C=O) groups is 1. The highest BCUT2D eigenvalue weighted by Gasteiger charge is 2.28. The second kappa shape index (κ2) is 6.99. The lowest BCUT2D eigenvalue weighted by Gasteiger charge is -2.34. The second-order valence-electron chi connectivity index (χ2n) is 7.15. The molecule has 7 heteroatoms. The molecule has 0 saturated carbocycles. The van der Waals surface area contributed by atoms with E-state index in [9.17, 15) is 4.79 Å². The van der Waals surface area contributed by atoms with Crippen LogP contribution in [0.25, 0.3) is 0 Å². The first kappa shape index (κ1) is 16.9. The Morgan fingerprint density at radius 3 is 2.96 bits per heavy atom. The Bertz CT molecular complexity index is 802. The van der Waals surface area contributed by atoms with Gasteiger partial charge in [0, 0.05) is 12.7 Å². The number of fused-ring (bicyclic) bond motifs is 2. The molecule has 0 fully saturated rings. The third-order valence-electron chi connectivity index (χ3n) is 4.94. The van der Waals surface area contributed by atoms with E-state index in [4.69, 9.17) is 9.47 Å². The smallest absolute Gasteiger partial charge is 0.231 e. The van der Waals surface area contributed by atoms with Gasteiger partial charge in [0.05, 0.1) is 24.7 Å². The summed E-state index contributed by atoms with van der Waals surface area (Å²) in [6.07, 6.45) is 3.16. The van der Waals surface area contributed by atoms with Gasteiger partial charge in [-0.3, -0.25) is 9.48 Å². The van der Waals surface area contributed by atoms with Crippen molar-refractivity contribution in [3.63, 3.8) is 0 Å². The fourth-order valence-corrected chi connectivity index (χ4v) is 3.54. The standard InChI is InChI=1S/C19H24N4O3/c1-21(2)8-6-16-12-22(11-15-5-7-20-23(15)16)19(24)10-14-3-4-17-18(9-14)26-13-25-17/h3-5,7,9,16H,6,8,10-13H2,1-2H3/t16-/m1/s1. The Hall–Kier alpha value is -2.54. The van der Waals surface area contributed by atoms with Gasteiger partial charge < -0.3 is 19.3 Å². The Labute approximate surface area is 153 Å². The highest BCUT2D eigenvalue weighted by Crippen LogP contribution is 2.33. The monoisotopic (exact) mass is 356 g/mol. The van der Waals surface area contributed by atoms with E-state index >= 15 is 0 Å².